The van der Waals surface area contributed by atoms with E-state index in [0.717, 1.165) is 24.9 Å². The summed E-state index contributed by atoms with van der Waals surface area (Å²) in [6.07, 6.45) is 2.10. The molecule has 0 aliphatic carbocycles. The van der Waals surface area contributed by atoms with Gasteiger partial charge in [-0.1, -0.05) is 30.3 Å². The average Bonchev–Trinajstić information content (AvgIpc) is 2.84. The summed E-state index contributed by atoms with van der Waals surface area (Å²) in [6.45, 7) is 0.938. The zero-order chi connectivity index (χ0) is 13.4. The molecule has 18 heavy (non-hydrogen) atoms. The predicted octanol–water partition coefficient (Wildman–Crippen LogP) is 0.537. The Kier molecular flexibility index (Phi) is 5.87. The van der Waals surface area contributed by atoms with Crippen LogP contribution in [-0.4, -0.2) is 29.6 Å². The molecular weight excluding hydrogens is 232 g/mol. The molecule has 98 valence electrons. The summed E-state index contributed by atoms with van der Waals surface area (Å²) >= 11 is 0. The molecule has 1 aliphatic heterocycles. The zero-order valence-corrected chi connectivity index (χ0v) is 10.1. The molecule has 0 aromatic heterocycles. The van der Waals surface area contributed by atoms with Gasteiger partial charge in [0.1, 0.15) is 0 Å². The molecule has 0 radical (unpaired) electrons. The van der Waals surface area contributed by atoms with Gasteiger partial charge < -0.3 is 16.2 Å². The van der Waals surface area contributed by atoms with Gasteiger partial charge in [-0.15, -0.1) is 0 Å². The standard InChI is InChI=1S/C8H8O2.C5H10N2O/c9-8(10)6-7-4-2-1-3-5-7;6-5(8)4-2-1-3-7-4/h1-5H,6H2,(H,9,10);4,7H,1-3H2,(H2,6,8)/t;4-/m.0/s1. The summed E-state index contributed by atoms with van der Waals surface area (Å²) in [7, 11) is 0. The third kappa shape index (κ3) is 5.45. The number of carboxylic acids is 1. The third-order valence-corrected chi connectivity index (χ3v) is 2.60. The second-order valence-electron chi connectivity index (χ2n) is 4.11. The lowest BCUT2D eigenvalue weighted by atomic mass is 10.2. The van der Waals surface area contributed by atoms with Crippen molar-refractivity contribution in [1.29, 1.82) is 0 Å². The number of hydrogen-bond acceptors (Lipinski definition) is 3. The summed E-state index contributed by atoms with van der Waals surface area (Å²) in [6, 6.07) is 9.08. The van der Waals surface area contributed by atoms with E-state index in [4.69, 9.17) is 10.8 Å². The fourth-order valence-electron chi connectivity index (χ4n) is 1.70. The molecule has 1 aliphatic rings. The minimum Gasteiger partial charge on any atom is -0.481 e. The Hall–Kier alpha value is -1.88. The number of amides is 1. The van der Waals surface area contributed by atoms with Crippen molar-refractivity contribution in [3.63, 3.8) is 0 Å². The van der Waals surface area contributed by atoms with Gasteiger partial charge in [-0.2, -0.15) is 0 Å². The SMILES string of the molecule is NC(=O)[C@@H]1CCCN1.O=C(O)Cc1ccccc1. The highest BCUT2D eigenvalue weighted by Crippen LogP contribution is 2.02. The van der Waals surface area contributed by atoms with Crippen molar-refractivity contribution in [1.82, 2.24) is 5.32 Å². The number of carboxylic acid groups (broad SMARTS) is 1. The molecule has 1 amide bonds. The van der Waals surface area contributed by atoms with Crippen LogP contribution in [0.3, 0.4) is 0 Å². The highest BCUT2D eigenvalue weighted by molar-refractivity contribution is 5.80. The molecule has 0 bridgehead atoms. The smallest absolute Gasteiger partial charge is 0.307 e. The van der Waals surface area contributed by atoms with Crippen LogP contribution in [0.2, 0.25) is 0 Å². The van der Waals surface area contributed by atoms with Crippen molar-refractivity contribution >= 4 is 11.9 Å². The lowest BCUT2D eigenvalue weighted by molar-refractivity contribution is -0.136. The Labute approximate surface area is 106 Å². The highest BCUT2D eigenvalue weighted by Gasteiger charge is 2.18. The van der Waals surface area contributed by atoms with Gasteiger partial charge in [0, 0.05) is 0 Å². The fourth-order valence-corrected chi connectivity index (χ4v) is 1.70. The van der Waals surface area contributed by atoms with Gasteiger partial charge in [-0.25, -0.2) is 0 Å². The van der Waals surface area contributed by atoms with Gasteiger partial charge in [0.2, 0.25) is 5.91 Å². The van der Waals surface area contributed by atoms with E-state index in [0.29, 0.717) is 0 Å². The van der Waals surface area contributed by atoms with E-state index in [-0.39, 0.29) is 18.4 Å². The average molecular weight is 250 g/mol. The Morgan fingerprint density at radius 2 is 2.00 bits per heavy atom. The van der Waals surface area contributed by atoms with E-state index >= 15 is 0 Å². The zero-order valence-electron chi connectivity index (χ0n) is 10.1. The Bertz CT molecular complexity index is 386. The van der Waals surface area contributed by atoms with Crippen LogP contribution in [0.5, 0.6) is 0 Å². The largest absolute Gasteiger partial charge is 0.481 e. The van der Waals surface area contributed by atoms with E-state index in [9.17, 15) is 9.59 Å². The molecule has 0 unspecified atom stereocenters. The van der Waals surface area contributed by atoms with Crippen molar-refractivity contribution in [3.8, 4) is 0 Å². The quantitative estimate of drug-likeness (QED) is 0.730. The number of nitrogens with one attached hydrogen (secondary N) is 1. The van der Waals surface area contributed by atoms with Gasteiger partial charge >= 0.3 is 5.97 Å². The van der Waals surface area contributed by atoms with Crippen molar-refractivity contribution in [2.75, 3.05) is 6.54 Å². The Morgan fingerprint density at radius 3 is 2.39 bits per heavy atom. The van der Waals surface area contributed by atoms with Crippen molar-refractivity contribution in [2.24, 2.45) is 5.73 Å². The summed E-state index contributed by atoms with van der Waals surface area (Å²) in [4.78, 5) is 20.5. The van der Waals surface area contributed by atoms with Gasteiger partial charge in [0.05, 0.1) is 12.5 Å². The molecular formula is C13H18N2O3. The maximum Gasteiger partial charge on any atom is 0.307 e. The van der Waals surface area contributed by atoms with Gasteiger partial charge in [-0.05, 0) is 24.9 Å². The molecule has 1 atom stereocenters. The van der Waals surface area contributed by atoms with Crippen LogP contribution in [0, 0.1) is 0 Å². The maximum absolute atomic E-state index is 10.4. The molecule has 4 N–H and O–H groups in total. The number of carbonyl (C=O) groups excluding carboxylic acids is 1. The van der Waals surface area contributed by atoms with E-state index in [1.165, 1.54) is 0 Å². The molecule has 1 aromatic rings. The van der Waals surface area contributed by atoms with Crippen molar-refractivity contribution in [2.45, 2.75) is 25.3 Å². The molecule has 1 aromatic carbocycles. The number of hydrogen-bond donors (Lipinski definition) is 3. The third-order valence-electron chi connectivity index (χ3n) is 2.60. The normalized spacial score (nSPS) is 17.7. The second kappa shape index (κ2) is 7.45. The first-order valence-corrected chi connectivity index (χ1v) is 5.88. The fraction of sp³-hybridized carbons (Fsp3) is 0.385. The summed E-state index contributed by atoms with van der Waals surface area (Å²) < 4.78 is 0. The highest BCUT2D eigenvalue weighted by atomic mass is 16.4. The van der Waals surface area contributed by atoms with Crippen molar-refractivity contribution in [3.05, 3.63) is 35.9 Å². The lowest BCUT2D eigenvalue weighted by Crippen LogP contribution is -2.36. The number of rotatable bonds is 3. The van der Waals surface area contributed by atoms with E-state index in [2.05, 4.69) is 5.32 Å². The maximum atomic E-state index is 10.4. The van der Waals surface area contributed by atoms with Gasteiger partial charge in [-0.3, -0.25) is 9.59 Å². The second-order valence-corrected chi connectivity index (χ2v) is 4.11. The van der Waals surface area contributed by atoms with E-state index < -0.39 is 5.97 Å². The summed E-state index contributed by atoms with van der Waals surface area (Å²) in [5.41, 5.74) is 5.84. The summed E-state index contributed by atoms with van der Waals surface area (Å²) in [5.74, 6) is -1.01. The monoisotopic (exact) mass is 250 g/mol. The molecule has 5 nitrogen and oxygen atoms in total. The van der Waals surface area contributed by atoms with Crippen LogP contribution >= 0.6 is 0 Å². The molecule has 1 saturated heterocycles. The molecule has 0 spiro atoms. The number of aliphatic carboxylic acids is 1. The molecule has 5 heteroatoms. The van der Waals surface area contributed by atoms with Gasteiger partial charge in [0.15, 0.2) is 0 Å². The van der Waals surface area contributed by atoms with Crippen molar-refractivity contribution < 1.29 is 14.7 Å². The summed E-state index contributed by atoms with van der Waals surface area (Å²) in [5, 5.41) is 11.3. The Morgan fingerprint density at radius 1 is 1.33 bits per heavy atom. The minimum absolute atomic E-state index is 0.0463. The van der Waals surface area contributed by atoms with Gasteiger partial charge in [0.25, 0.3) is 0 Å². The van der Waals surface area contributed by atoms with Crippen LogP contribution in [0.1, 0.15) is 18.4 Å². The molecule has 2 rings (SSSR count). The van der Waals surface area contributed by atoms with Crippen LogP contribution in [0.15, 0.2) is 30.3 Å². The predicted molar refractivity (Wildman–Crippen MR) is 68.0 cm³/mol. The lowest BCUT2D eigenvalue weighted by Gasteiger charge is -2.01. The van der Waals surface area contributed by atoms with Crippen LogP contribution in [0.25, 0.3) is 0 Å². The Balaban J connectivity index is 0.000000184. The molecule has 0 saturated carbocycles. The number of nitrogens with two attached hydrogens (primary N) is 1. The van der Waals surface area contributed by atoms with Crippen LogP contribution in [-0.2, 0) is 16.0 Å². The van der Waals surface area contributed by atoms with E-state index in [1.807, 2.05) is 18.2 Å². The first kappa shape index (κ1) is 14.2. The molecule has 1 fully saturated rings. The number of primary amides is 1. The first-order valence-electron chi connectivity index (χ1n) is 5.88. The molecule has 1 heterocycles. The van der Waals surface area contributed by atoms with Crippen LogP contribution < -0.4 is 11.1 Å². The number of carbonyl (C=O) groups is 2. The minimum atomic E-state index is -0.786. The topological polar surface area (TPSA) is 92.4 Å². The van der Waals surface area contributed by atoms with E-state index in [1.54, 1.807) is 12.1 Å². The number of benzene rings is 1. The van der Waals surface area contributed by atoms with Crippen LogP contribution in [0.4, 0.5) is 0 Å². The first-order chi connectivity index (χ1) is 8.59.